The second-order valence-electron chi connectivity index (χ2n) is 7.99. The summed E-state index contributed by atoms with van der Waals surface area (Å²) in [4.78, 5) is 15.0. The van der Waals surface area contributed by atoms with Crippen LogP contribution >= 0.6 is 11.8 Å². The van der Waals surface area contributed by atoms with Crippen LogP contribution in [-0.2, 0) is 4.79 Å². The van der Waals surface area contributed by atoms with Gasteiger partial charge in [-0.15, -0.1) is 10.2 Å². The number of amides is 1. The van der Waals surface area contributed by atoms with E-state index in [4.69, 9.17) is 0 Å². The number of halogens is 1. The monoisotopic (exact) mass is 422 g/mol. The Hall–Kier alpha value is -2.67. The Balaban J connectivity index is 1.40. The third-order valence-corrected chi connectivity index (χ3v) is 6.45. The fourth-order valence-corrected chi connectivity index (χ4v) is 4.43. The van der Waals surface area contributed by atoms with Crippen molar-refractivity contribution >= 4 is 17.7 Å². The van der Waals surface area contributed by atoms with E-state index in [0.29, 0.717) is 28.7 Å². The molecular formula is C23H23FN4OS. The molecule has 0 saturated heterocycles. The number of rotatable bonds is 8. The zero-order valence-electron chi connectivity index (χ0n) is 16.6. The maximum atomic E-state index is 13.4. The Morgan fingerprint density at radius 1 is 1.03 bits per heavy atom. The molecule has 0 bridgehead atoms. The lowest BCUT2D eigenvalue weighted by Gasteiger charge is -2.22. The van der Waals surface area contributed by atoms with Crippen LogP contribution in [0.1, 0.15) is 25.7 Å². The predicted molar refractivity (Wildman–Crippen MR) is 115 cm³/mol. The van der Waals surface area contributed by atoms with Crippen molar-refractivity contribution in [2.24, 2.45) is 5.92 Å². The molecule has 0 radical (unpaired) electrons. The molecule has 5 nitrogen and oxygen atoms in total. The zero-order chi connectivity index (χ0) is 20.5. The summed E-state index contributed by atoms with van der Waals surface area (Å²) in [5, 5.41) is 9.40. The summed E-state index contributed by atoms with van der Waals surface area (Å²) in [7, 11) is 0. The predicted octanol–water partition coefficient (Wildman–Crippen LogP) is 4.57. The number of nitrogens with zero attached hydrogens (tertiary/aromatic N) is 4. The number of aromatic nitrogens is 3. The summed E-state index contributed by atoms with van der Waals surface area (Å²) < 4.78 is 15.3. The first-order valence-corrected chi connectivity index (χ1v) is 11.4. The van der Waals surface area contributed by atoms with Crippen molar-refractivity contribution in [3.8, 4) is 17.1 Å². The second kappa shape index (κ2) is 8.22. The molecule has 0 atom stereocenters. The van der Waals surface area contributed by atoms with Gasteiger partial charge in [-0.3, -0.25) is 9.36 Å². The number of hydrogen-bond acceptors (Lipinski definition) is 4. The highest BCUT2D eigenvalue weighted by molar-refractivity contribution is 7.99. The van der Waals surface area contributed by atoms with Crippen LogP contribution in [0.25, 0.3) is 17.1 Å². The normalized spacial score (nSPS) is 15.9. The molecule has 0 unspecified atom stereocenters. The Kier molecular flexibility index (Phi) is 5.29. The Bertz CT molecular complexity index is 1030. The lowest BCUT2D eigenvalue weighted by atomic mass is 10.2. The van der Waals surface area contributed by atoms with Crippen LogP contribution in [0.15, 0.2) is 59.8 Å². The number of carbonyl (C=O) groups is 1. The van der Waals surface area contributed by atoms with Crippen LogP contribution in [0.3, 0.4) is 0 Å². The highest BCUT2D eigenvalue weighted by Crippen LogP contribution is 2.36. The summed E-state index contributed by atoms with van der Waals surface area (Å²) in [5.74, 6) is 1.56. The Morgan fingerprint density at radius 3 is 2.43 bits per heavy atom. The van der Waals surface area contributed by atoms with Gasteiger partial charge < -0.3 is 4.90 Å². The Labute approximate surface area is 179 Å². The third-order valence-electron chi connectivity index (χ3n) is 5.53. The van der Waals surface area contributed by atoms with Crippen molar-refractivity contribution in [1.82, 2.24) is 19.7 Å². The fourth-order valence-electron chi connectivity index (χ4n) is 3.59. The lowest BCUT2D eigenvalue weighted by molar-refractivity contribution is -0.129. The molecule has 2 aliphatic rings. The Morgan fingerprint density at radius 2 is 1.77 bits per heavy atom. The van der Waals surface area contributed by atoms with E-state index in [9.17, 15) is 9.18 Å². The van der Waals surface area contributed by atoms with Gasteiger partial charge in [-0.1, -0.05) is 30.0 Å². The van der Waals surface area contributed by atoms with Crippen molar-refractivity contribution < 1.29 is 9.18 Å². The summed E-state index contributed by atoms with van der Waals surface area (Å²) >= 11 is 1.41. The molecule has 0 aliphatic heterocycles. The minimum atomic E-state index is -0.291. The number of hydrogen-bond donors (Lipinski definition) is 0. The van der Waals surface area contributed by atoms with E-state index in [-0.39, 0.29) is 11.7 Å². The number of thioether (sulfide) groups is 1. The molecule has 3 aromatic rings. The van der Waals surface area contributed by atoms with Gasteiger partial charge in [0.15, 0.2) is 11.0 Å². The van der Waals surface area contributed by atoms with Crippen LogP contribution in [0.2, 0.25) is 0 Å². The first kappa shape index (κ1) is 19.3. The minimum Gasteiger partial charge on any atom is -0.339 e. The van der Waals surface area contributed by atoms with Gasteiger partial charge in [0.2, 0.25) is 5.91 Å². The maximum Gasteiger partial charge on any atom is 0.233 e. The molecule has 0 N–H and O–H groups in total. The molecule has 5 rings (SSSR count). The third kappa shape index (κ3) is 4.26. The quantitative estimate of drug-likeness (QED) is 0.499. The summed E-state index contributed by atoms with van der Waals surface area (Å²) in [5.41, 5.74) is 1.69. The first-order valence-electron chi connectivity index (χ1n) is 10.4. The average molecular weight is 423 g/mol. The van der Waals surface area contributed by atoms with Gasteiger partial charge in [0.1, 0.15) is 5.82 Å². The molecule has 2 saturated carbocycles. The van der Waals surface area contributed by atoms with Gasteiger partial charge in [-0.05, 0) is 68.0 Å². The van der Waals surface area contributed by atoms with E-state index in [0.717, 1.165) is 30.6 Å². The molecule has 1 amide bonds. The van der Waals surface area contributed by atoms with Gasteiger partial charge >= 0.3 is 0 Å². The van der Waals surface area contributed by atoms with Crippen LogP contribution in [0, 0.1) is 11.7 Å². The zero-order valence-corrected chi connectivity index (χ0v) is 17.4. The average Bonchev–Trinajstić information content (AvgIpc) is 3.70. The molecule has 30 heavy (non-hydrogen) atoms. The number of carbonyl (C=O) groups excluding carboxylic acids is 1. The van der Waals surface area contributed by atoms with Crippen molar-refractivity contribution in [3.05, 3.63) is 60.4 Å². The number of benzene rings is 2. The van der Waals surface area contributed by atoms with Crippen LogP contribution in [-0.4, -0.2) is 43.9 Å². The van der Waals surface area contributed by atoms with Crippen LogP contribution in [0.4, 0.5) is 4.39 Å². The second-order valence-corrected chi connectivity index (χ2v) is 8.94. The van der Waals surface area contributed by atoms with Gasteiger partial charge in [-0.25, -0.2) is 4.39 Å². The van der Waals surface area contributed by atoms with Crippen molar-refractivity contribution in [3.63, 3.8) is 0 Å². The van der Waals surface area contributed by atoms with E-state index < -0.39 is 0 Å². The molecule has 2 aromatic carbocycles. The molecule has 2 fully saturated rings. The van der Waals surface area contributed by atoms with Crippen molar-refractivity contribution in [2.45, 2.75) is 36.9 Å². The SMILES string of the molecule is O=C(CSc1nnc(-c2ccc(F)cc2)n1-c1ccccc1)N(CC1CC1)C1CC1. The number of para-hydroxylation sites is 1. The molecule has 1 aromatic heterocycles. The first-order chi connectivity index (χ1) is 14.7. The highest BCUT2D eigenvalue weighted by Gasteiger charge is 2.36. The topological polar surface area (TPSA) is 51.0 Å². The molecule has 0 spiro atoms. The van der Waals surface area contributed by atoms with E-state index in [1.165, 1.54) is 36.7 Å². The lowest BCUT2D eigenvalue weighted by Crippen LogP contribution is -2.36. The van der Waals surface area contributed by atoms with E-state index in [2.05, 4.69) is 15.1 Å². The van der Waals surface area contributed by atoms with Crippen molar-refractivity contribution in [2.75, 3.05) is 12.3 Å². The van der Waals surface area contributed by atoms with Gasteiger partial charge in [0, 0.05) is 23.8 Å². The molecule has 7 heteroatoms. The maximum absolute atomic E-state index is 13.4. The molecule has 2 aliphatic carbocycles. The summed E-state index contributed by atoms with van der Waals surface area (Å²) in [6.45, 7) is 0.899. The van der Waals surface area contributed by atoms with E-state index >= 15 is 0 Å². The van der Waals surface area contributed by atoms with Gasteiger partial charge in [0.25, 0.3) is 0 Å². The van der Waals surface area contributed by atoms with Crippen LogP contribution in [0.5, 0.6) is 0 Å². The molecular weight excluding hydrogens is 399 g/mol. The van der Waals surface area contributed by atoms with Crippen molar-refractivity contribution in [1.29, 1.82) is 0 Å². The molecule has 1 heterocycles. The largest absolute Gasteiger partial charge is 0.339 e. The highest BCUT2D eigenvalue weighted by atomic mass is 32.2. The fraction of sp³-hybridized carbons (Fsp3) is 0.348. The standard InChI is InChI=1S/C23H23FN4OS/c24-18-10-8-17(9-11-18)22-25-26-23(28(22)20-4-2-1-3-5-20)30-15-21(29)27(19-12-13-19)14-16-6-7-16/h1-5,8-11,16,19H,6-7,12-15H2. The van der Waals surface area contributed by atoms with Gasteiger partial charge in [-0.2, -0.15) is 0 Å². The smallest absolute Gasteiger partial charge is 0.233 e. The minimum absolute atomic E-state index is 0.181. The van der Waals surface area contributed by atoms with Crippen LogP contribution < -0.4 is 0 Å². The van der Waals surface area contributed by atoms with Gasteiger partial charge in [0.05, 0.1) is 5.75 Å². The summed E-state index contributed by atoms with van der Waals surface area (Å²) in [6.07, 6.45) is 4.73. The van der Waals surface area contributed by atoms with E-state index in [1.807, 2.05) is 34.9 Å². The molecule has 154 valence electrons. The summed E-state index contributed by atoms with van der Waals surface area (Å²) in [6, 6.07) is 16.5. The van der Waals surface area contributed by atoms with E-state index in [1.54, 1.807) is 12.1 Å².